The quantitative estimate of drug-likeness (QED) is 0.592. The van der Waals surface area contributed by atoms with Crippen molar-refractivity contribution in [2.75, 3.05) is 20.7 Å². The van der Waals surface area contributed by atoms with Gasteiger partial charge >= 0.3 is 0 Å². The molecule has 27 heavy (non-hydrogen) atoms. The number of rotatable bonds is 8. The van der Waals surface area contributed by atoms with E-state index in [4.69, 9.17) is 4.74 Å². The molecule has 3 atom stereocenters. The fourth-order valence-electron chi connectivity index (χ4n) is 5.64. The van der Waals surface area contributed by atoms with Crippen molar-refractivity contribution in [1.82, 2.24) is 4.90 Å². The van der Waals surface area contributed by atoms with E-state index in [0.717, 1.165) is 50.8 Å². The van der Waals surface area contributed by atoms with Gasteiger partial charge in [0.15, 0.2) is 0 Å². The number of methoxy groups -OCH3 is 1. The summed E-state index contributed by atoms with van der Waals surface area (Å²) in [4.78, 5) is 15.1. The lowest BCUT2D eigenvalue weighted by Crippen LogP contribution is -2.64. The van der Waals surface area contributed by atoms with Crippen molar-refractivity contribution in [3.05, 3.63) is 29.3 Å². The van der Waals surface area contributed by atoms with Crippen LogP contribution in [0.25, 0.3) is 0 Å². The maximum absolute atomic E-state index is 12.5. The Kier molecular flexibility index (Phi) is 6.00. The Morgan fingerprint density at radius 1 is 1.26 bits per heavy atom. The summed E-state index contributed by atoms with van der Waals surface area (Å²) in [6.07, 6.45) is 8.07. The van der Waals surface area contributed by atoms with E-state index in [1.165, 1.54) is 24.0 Å². The summed E-state index contributed by atoms with van der Waals surface area (Å²) in [5.41, 5.74) is 3.12. The van der Waals surface area contributed by atoms with Crippen LogP contribution < -0.4 is 4.74 Å². The minimum Gasteiger partial charge on any atom is -0.497 e. The number of benzene rings is 1. The summed E-state index contributed by atoms with van der Waals surface area (Å²) in [5.74, 6) is 1.40. The van der Waals surface area contributed by atoms with Gasteiger partial charge in [0.2, 0.25) is 0 Å². The number of fused-ring (bicyclic) bond motifs is 4. The molecule has 3 heteroatoms. The van der Waals surface area contributed by atoms with Gasteiger partial charge in [-0.25, -0.2) is 0 Å². The number of nitrogens with zero attached hydrogens (tertiary/aromatic N) is 1. The van der Waals surface area contributed by atoms with Gasteiger partial charge in [0, 0.05) is 24.3 Å². The number of piperidine rings is 1. The normalized spacial score (nSPS) is 30.0. The Morgan fingerprint density at radius 3 is 2.74 bits per heavy atom. The van der Waals surface area contributed by atoms with Gasteiger partial charge in [-0.05, 0) is 68.0 Å². The average Bonchev–Trinajstić information content (AvgIpc) is 2.66. The number of likely N-dealkylation sites (N-methyl/N-ethyl adjacent to an activating group) is 1. The number of likely N-dealkylation sites (tertiary alicyclic amines) is 1. The summed E-state index contributed by atoms with van der Waals surface area (Å²) < 4.78 is 5.54. The second-order valence-electron chi connectivity index (χ2n) is 9.22. The second kappa shape index (κ2) is 7.95. The first-order chi connectivity index (χ1) is 12.9. The van der Waals surface area contributed by atoms with Crippen LogP contribution in [0.15, 0.2) is 18.2 Å². The number of unbranched alkanes of at least 4 members (excludes halogenated alkanes) is 2. The number of ketones is 1. The van der Waals surface area contributed by atoms with E-state index in [0.29, 0.717) is 11.8 Å². The van der Waals surface area contributed by atoms with Crippen LogP contribution in [0, 0.1) is 5.41 Å². The van der Waals surface area contributed by atoms with Gasteiger partial charge in [0.25, 0.3) is 0 Å². The predicted octanol–water partition coefficient (Wildman–Crippen LogP) is 5.15. The predicted molar refractivity (Wildman–Crippen MR) is 112 cm³/mol. The molecule has 150 valence electrons. The molecule has 3 rings (SSSR count). The highest BCUT2D eigenvalue weighted by Gasteiger charge is 2.57. The number of hydrogen-bond donors (Lipinski definition) is 0. The molecule has 1 aromatic rings. The summed E-state index contributed by atoms with van der Waals surface area (Å²) in [7, 11) is 4.01. The van der Waals surface area contributed by atoms with Gasteiger partial charge in [-0.15, -0.1) is 0 Å². The molecule has 1 saturated heterocycles. The van der Waals surface area contributed by atoms with Crippen LogP contribution >= 0.6 is 0 Å². The fraction of sp³-hybridized carbons (Fsp3) is 0.708. The molecule has 1 aliphatic carbocycles. The van der Waals surface area contributed by atoms with Crippen LogP contribution in [-0.4, -0.2) is 37.4 Å². The Morgan fingerprint density at radius 2 is 2.04 bits per heavy atom. The summed E-state index contributed by atoms with van der Waals surface area (Å²) >= 11 is 0. The van der Waals surface area contributed by atoms with E-state index in [1.54, 1.807) is 7.11 Å². The second-order valence-corrected chi connectivity index (χ2v) is 9.22. The largest absolute Gasteiger partial charge is 0.497 e. The van der Waals surface area contributed by atoms with Crippen LogP contribution in [-0.2, 0) is 16.6 Å². The zero-order chi connectivity index (χ0) is 19.7. The molecule has 2 aliphatic rings. The first-order valence-electron chi connectivity index (χ1n) is 10.7. The number of carbonyl (C=O) groups excluding carboxylic acids is 1. The van der Waals surface area contributed by atoms with E-state index in [-0.39, 0.29) is 10.8 Å². The summed E-state index contributed by atoms with van der Waals surface area (Å²) in [5, 5.41) is 0. The monoisotopic (exact) mass is 371 g/mol. The average molecular weight is 372 g/mol. The van der Waals surface area contributed by atoms with Gasteiger partial charge in [0.05, 0.1) is 7.11 Å². The van der Waals surface area contributed by atoms with Crippen LogP contribution in [0.5, 0.6) is 5.75 Å². The number of ether oxygens (including phenoxy) is 1. The molecule has 1 fully saturated rings. The molecule has 0 radical (unpaired) electrons. The molecular weight excluding hydrogens is 334 g/mol. The van der Waals surface area contributed by atoms with Crippen molar-refractivity contribution < 1.29 is 9.53 Å². The highest BCUT2D eigenvalue weighted by atomic mass is 16.5. The molecule has 1 unspecified atom stereocenters. The van der Waals surface area contributed by atoms with E-state index in [9.17, 15) is 4.79 Å². The topological polar surface area (TPSA) is 29.5 Å². The smallest absolute Gasteiger partial charge is 0.132 e. The zero-order valence-electron chi connectivity index (χ0n) is 17.9. The minimum atomic E-state index is 0.0933. The van der Waals surface area contributed by atoms with Crippen LogP contribution in [0.2, 0.25) is 0 Å². The molecule has 2 bridgehead atoms. The van der Waals surface area contributed by atoms with Gasteiger partial charge in [0.1, 0.15) is 11.5 Å². The van der Waals surface area contributed by atoms with Gasteiger partial charge < -0.3 is 9.64 Å². The third-order valence-corrected chi connectivity index (χ3v) is 7.80. The SMILES string of the molecule is CCCCCC(=O)CC[C@]1(C)C2Cc3ccc(OC)cc3[C@@]1(C)CCN2C. The Balaban J connectivity index is 1.87. The Bertz CT molecular complexity index is 685. The van der Waals surface area contributed by atoms with Gasteiger partial charge in [-0.1, -0.05) is 39.7 Å². The Hall–Kier alpha value is -1.35. The van der Waals surface area contributed by atoms with Crippen molar-refractivity contribution >= 4 is 5.78 Å². The first-order valence-corrected chi connectivity index (χ1v) is 10.7. The summed E-state index contributed by atoms with van der Waals surface area (Å²) in [6, 6.07) is 7.12. The van der Waals surface area contributed by atoms with Crippen molar-refractivity contribution in [2.45, 2.75) is 83.6 Å². The van der Waals surface area contributed by atoms with Gasteiger partial charge in [-0.2, -0.15) is 0 Å². The maximum Gasteiger partial charge on any atom is 0.132 e. The number of Topliss-reactive ketones (excluding diaryl/α,β-unsaturated/α-hetero) is 1. The Labute approximate surface area is 165 Å². The van der Waals surface area contributed by atoms with E-state index >= 15 is 0 Å². The number of carbonyl (C=O) groups is 1. The van der Waals surface area contributed by atoms with Crippen molar-refractivity contribution in [1.29, 1.82) is 0 Å². The lowest BCUT2D eigenvalue weighted by molar-refractivity contribution is -0.121. The van der Waals surface area contributed by atoms with Crippen LogP contribution in [0.3, 0.4) is 0 Å². The highest BCUT2D eigenvalue weighted by Crippen LogP contribution is 2.58. The molecule has 1 aromatic carbocycles. The maximum atomic E-state index is 12.5. The van der Waals surface area contributed by atoms with Crippen LogP contribution in [0.1, 0.15) is 76.8 Å². The lowest BCUT2D eigenvalue weighted by atomic mass is 9.49. The van der Waals surface area contributed by atoms with Gasteiger partial charge in [-0.3, -0.25) is 4.79 Å². The number of hydrogen-bond acceptors (Lipinski definition) is 3. The highest BCUT2D eigenvalue weighted by molar-refractivity contribution is 5.78. The molecule has 0 aromatic heterocycles. The third-order valence-electron chi connectivity index (χ3n) is 7.80. The standard InChI is InChI=1S/C24H37NO2/c1-6-7-8-9-19(26)12-13-24(3)22-16-18-10-11-20(27-5)17-21(18)23(24,2)14-15-25(22)4/h10-11,17,22H,6-9,12-16H2,1-5H3/t22?,23-,24-/m1/s1. The van der Waals surface area contributed by atoms with Crippen molar-refractivity contribution in [3.8, 4) is 5.75 Å². The molecular formula is C24H37NO2. The lowest BCUT2D eigenvalue weighted by Gasteiger charge is -2.62. The molecule has 0 saturated carbocycles. The molecule has 1 heterocycles. The summed E-state index contributed by atoms with van der Waals surface area (Å²) in [6.45, 7) is 8.19. The first kappa shape index (κ1) is 20.4. The zero-order valence-corrected chi connectivity index (χ0v) is 17.9. The third kappa shape index (κ3) is 3.55. The van der Waals surface area contributed by atoms with Crippen molar-refractivity contribution in [2.24, 2.45) is 5.41 Å². The molecule has 1 aliphatic heterocycles. The van der Waals surface area contributed by atoms with Crippen LogP contribution in [0.4, 0.5) is 0 Å². The molecule has 3 nitrogen and oxygen atoms in total. The fourth-order valence-corrected chi connectivity index (χ4v) is 5.64. The molecule has 0 N–H and O–H groups in total. The van der Waals surface area contributed by atoms with Crippen molar-refractivity contribution in [3.63, 3.8) is 0 Å². The minimum absolute atomic E-state index is 0.0933. The van der Waals surface area contributed by atoms with E-state index < -0.39 is 0 Å². The van der Waals surface area contributed by atoms with E-state index in [2.05, 4.69) is 50.9 Å². The molecule has 0 amide bonds. The van der Waals surface area contributed by atoms with E-state index in [1.807, 2.05) is 0 Å². The molecule has 0 spiro atoms.